The van der Waals surface area contributed by atoms with Crippen LogP contribution in [-0.2, 0) is 6.54 Å². The summed E-state index contributed by atoms with van der Waals surface area (Å²) >= 11 is 1.78. The Bertz CT molecular complexity index is 785. The second kappa shape index (κ2) is 6.85. The number of nitrogens with zero attached hydrogens (tertiary/aromatic N) is 2. The predicted octanol–water partition coefficient (Wildman–Crippen LogP) is 3.74. The molecule has 1 saturated heterocycles. The highest BCUT2D eigenvalue weighted by molar-refractivity contribution is 7.15. The molecule has 24 heavy (non-hydrogen) atoms. The summed E-state index contributed by atoms with van der Waals surface area (Å²) in [6.07, 6.45) is 1.99. The summed E-state index contributed by atoms with van der Waals surface area (Å²) in [5, 5.41) is 1.16. The van der Waals surface area contributed by atoms with Crippen molar-refractivity contribution in [3.05, 3.63) is 77.4 Å². The minimum atomic E-state index is 0.195. The Morgan fingerprint density at radius 2 is 1.71 bits per heavy atom. The van der Waals surface area contributed by atoms with E-state index in [1.807, 2.05) is 12.3 Å². The van der Waals surface area contributed by atoms with E-state index in [0.29, 0.717) is 5.92 Å². The van der Waals surface area contributed by atoms with Gasteiger partial charge in [-0.2, -0.15) is 0 Å². The molecular weight excluding hydrogens is 314 g/mol. The Labute approximate surface area is 146 Å². The molecule has 1 aliphatic heterocycles. The van der Waals surface area contributed by atoms with Gasteiger partial charge >= 0.3 is 0 Å². The topological polar surface area (TPSA) is 42.1 Å². The first-order chi connectivity index (χ1) is 11.8. The highest BCUT2D eigenvalue weighted by Gasteiger charge is 2.31. The molecule has 2 atom stereocenters. The van der Waals surface area contributed by atoms with Gasteiger partial charge in [-0.25, -0.2) is 4.98 Å². The van der Waals surface area contributed by atoms with Crippen LogP contribution in [0.15, 0.2) is 66.9 Å². The molecule has 2 aromatic carbocycles. The van der Waals surface area contributed by atoms with Crippen LogP contribution in [0.3, 0.4) is 0 Å². The van der Waals surface area contributed by atoms with E-state index in [9.17, 15) is 0 Å². The van der Waals surface area contributed by atoms with E-state index in [1.165, 1.54) is 16.0 Å². The minimum Gasteiger partial charge on any atom is -0.326 e. The van der Waals surface area contributed by atoms with Crippen LogP contribution in [0.25, 0.3) is 10.4 Å². The van der Waals surface area contributed by atoms with Crippen molar-refractivity contribution in [3.8, 4) is 10.4 Å². The Kier molecular flexibility index (Phi) is 4.43. The smallest absolute Gasteiger partial charge is 0.107 e. The van der Waals surface area contributed by atoms with Gasteiger partial charge in [0.25, 0.3) is 0 Å². The quantitative estimate of drug-likeness (QED) is 0.790. The second-order valence-corrected chi connectivity index (χ2v) is 7.47. The molecule has 3 nitrogen and oxygen atoms in total. The lowest BCUT2D eigenvalue weighted by molar-refractivity contribution is 0.323. The zero-order chi connectivity index (χ0) is 16.4. The molecule has 0 radical (unpaired) electrons. The molecule has 3 aromatic rings. The molecule has 1 aromatic heterocycles. The molecule has 0 saturated carbocycles. The molecule has 0 aliphatic carbocycles. The lowest BCUT2D eigenvalue weighted by Crippen LogP contribution is -2.28. The van der Waals surface area contributed by atoms with Gasteiger partial charge in [0.2, 0.25) is 0 Å². The second-order valence-electron chi connectivity index (χ2n) is 6.36. The van der Waals surface area contributed by atoms with E-state index in [0.717, 1.165) is 24.6 Å². The summed E-state index contributed by atoms with van der Waals surface area (Å²) in [7, 11) is 0. The lowest BCUT2D eigenvalue weighted by atomic mass is 9.95. The fraction of sp³-hybridized carbons (Fsp3) is 0.250. The van der Waals surface area contributed by atoms with Crippen LogP contribution in [0.1, 0.15) is 16.5 Å². The van der Waals surface area contributed by atoms with Crippen LogP contribution in [0, 0.1) is 0 Å². The van der Waals surface area contributed by atoms with Crippen LogP contribution in [-0.4, -0.2) is 29.0 Å². The van der Waals surface area contributed by atoms with Crippen molar-refractivity contribution in [1.82, 2.24) is 9.88 Å². The van der Waals surface area contributed by atoms with Crippen molar-refractivity contribution in [3.63, 3.8) is 0 Å². The Hall–Kier alpha value is -2.01. The van der Waals surface area contributed by atoms with Crippen molar-refractivity contribution < 1.29 is 0 Å². The van der Waals surface area contributed by atoms with Gasteiger partial charge in [-0.1, -0.05) is 60.7 Å². The van der Waals surface area contributed by atoms with Gasteiger partial charge < -0.3 is 5.73 Å². The molecule has 0 bridgehead atoms. The van der Waals surface area contributed by atoms with Gasteiger partial charge in [0.1, 0.15) is 5.01 Å². The number of rotatable bonds is 4. The summed E-state index contributed by atoms with van der Waals surface area (Å²) in [6.45, 7) is 2.82. The van der Waals surface area contributed by atoms with Gasteiger partial charge in [-0.3, -0.25) is 4.90 Å². The SMILES string of the molecule is N[C@@H]1CN(Cc2ncc(-c3ccccc3)s2)C[C@H]1c1ccccc1. The monoisotopic (exact) mass is 335 g/mol. The molecule has 122 valence electrons. The van der Waals surface area contributed by atoms with Gasteiger partial charge in [-0.15, -0.1) is 11.3 Å². The number of nitrogens with two attached hydrogens (primary N) is 1. The third-order valence-corrected chi connectivity index (χ3v) is 5.67. The summed E-state index contributed by atoms with van der Waals surface area (Å²) < 4.78 is 0. The van der Waals surface area contributed by atoms with Crippen LogP contribution in [0.5, 0.6) is 0 Å². The zero-order valence-corrected chi connectivity index (χ0v) is 14.3. The molecule has 2 N–H and O–H groups in total. The lowest BCUT2D eigenvalue weighted by Gasteiger charge is -2.14. The molecule has 4 rings (SSSR count). The number of thiazole rings is 1. The number of aromatic nitrogens is 1. The van der Waals surface area contributed by atoms with Crippen molar-refractivity contribution in [2.24, 2.45) is 5.73 Å². The maximum Gasteiger partial charge on any atom is 0.107 e. The van der Waals surface area contributed by atoms with Crippen LogP contribution in [0.4, 0.5) is 0 Å². The fourth-order valence-corrected chi connectivity index (χ4v) is 4.37. The summed E-state index contributed by atoms with van der Waals surface area (Å²) in [5.41, 5.74) is 8.97. The van der Waals surface area contributed by atoms with E-state index in [-0.39, 0.29) is 6.04 Å². The Morgan fingerprint density at radius 1 is 1.00 bits per heavy atom. The van der Waals surface area contributed by atoms with Crippen molar-refractivity contribution in [2.75, 3.05) is 13.1 Å². The Balaban J connectivity index is 1.44. The number of hydrogen-bond acceptors (Lipinski definition) is 4. The van der Waals surface area contributed by atoms with Gasteiger partial charge in [0, 0.05) is 31.2 Å². The van der Waals surface area contributed by atoms with Crippen molar-refractivity contribution in [1.29, 1.82) is 0 Å². The molecule has 2 heterocycles. The summed E-state index contributed by atoms with van der Waals surface area (Å²) in [4.78, 5) is 8.27. The molecule has 4 heteroatoms. The third kappa shape index (κ3) is 3.26. The normalized spacial score (nSPS) is 21.2. The first kappa shape index (κ1) is 15.5. The van der Waals surface area contributed by atoms with E-state index in [2.05, 4.69) is 64.5 Å². The highest BCUT2D eigenvalue weighted by Crippen LogP contribution is 2.30. The molecule has 0 spiro atoms. The molecule has 0 unspecified atom stereocenters. The highest BCUT2D eigenvalue weighted by atomic mass is 32.1. The third-order valence-electron chi connectivity index (χ3n) is 4.64. The van der Waals surface area contributed by atoms with Gasteiger partial charge in [0.05, 0.1) is 11.4 Å². The number of benzene rings is 2. The molecule has 0 amide bonds. The first-order valence-corrected chi connectivity index (χ1v) is 9.14. The molecule has 1 fully saturated rings. The van der Waals surface area contributed by atoms with Gasteiger partial charge in [0.15, 0.2) is 0 Å². The van der Waals surface area contributed by atoms with Crippen LogP contribution >= 0.6 is 11.3 Å². The fourth-order valence-electron chi connectivity index (χ4n) is 3.41. The maximum absolute atomic E-state index is 6.39. The number of likely N-dealkylation sites (tertiary alicyclic amines) is 1. The van der Waals surface area contributed by atoms with E-state index >= 15 is 0 Å². The summed E-state index contributed by atoms with van der Waals surface area (Å²) in [5.74, 6) is 0.416. The average molecular weight is 335 g/mol. The minimum absolute atomic E-state index is 0.195. The summed E-state index contributed by atoms with van der Waals surface area (Å²) in [6, 6.07) is 21.3. The van der Waals surface area contributed by atoms with Crippen LogP contribution in [0.2, 0.25) is 0 Å². The van der Waals surface area contributed by atoms with E-state index in [4.69, 9.17) is 5.73 Å². The predicted molar refractivity (Wildman–Crippen MR) is 100.0 cm³/mol. The van der Waals surface area contributed by atoms with E-state index in [1.54, 1.807) is 11.3 Å². The average Bonchev–Trinajstić information content (AvgIpc) is 3.23. The number of hydrogen-bond donors (Lipinski definition) is 1. The van der Waals surface area contributed by atoms with Gasteiger partial charge in [-0.05, 0) is 11.1 Å². The van der Waals surface area contributed by atoms with Crippen LogP contribution < -0.4 is 5.73 Å². The molecular formula is C20H21N3S. The largest absolute Gasteiger partial charge is 0.326 e. The standard InChI is InChI=1S/C20H21N3S/c21-18-13-23(12-17(18)15-7-3-1-4-8-15)14-20-22-11-19(24-20)16-9-5-2-6-10-16/h1-11,17-18H,12-14,21H2/t17-,18+/m0/s1. The van der Waals surface area contributed by atoms with Crippen molar-refractivity contribution >= 4 is 11.3 Å². The zero-order valence-electron chi connectivity index (χ0n) is 13.5. The first-order valence-electron chi connectivity index (χ1n) is 8.32. The van der Waals surface area contributed by atoms with Crippen molar-refractivity contribution in [2.45, 2.75) is 18.5 Å². The Morgan fingerprint density at radius 3 is 2.46 bits per heavy atom. The maximum atomic E-state index is 6.39. The molecule has 1 aliphatic rings. The van der Waals surface area contributed by atoms with E-state index < -0.39 is 0 Å².